The molecule has 2 heteroatoms. The van der Waals surface area contributed by atoms with Crippen molar-refractivity contribution < 1.29 is 9.13 Å². The third-order valence-corrected chi connectivity index (χ3v) is 2.27. The smallest absolute Gasteiger partial charge is 0.123 e. The van der Waals surface area contributed by atoms with Gasteiger partial charge in [-0.25, -0.2) is 4.39 Å². The van der Waals surface area contributed by atoms with Crippen LogP contribution in [0.4, 0.5) is 4.39 Å². The van der Waals surface area contributed by atoms with Gasteiger partial charge in [-0.3, -0.25) is 0 Å². The van der Waals surface area contributed by atoms with Gasteiger partial charge in [0, 0.05) is 0 Å². The molecule has 2 aromatic carbocycles. The molecule has 0 unspecified atom stereocenters. The fourth-order valence-corrected chi connectivity index (χ4v) is 1.49. The molecule has 16 heavy (non-hydrogen) atoms. The Kier molecular flexibility index (Phi) is 3.67. The summed E-state index contributed by atoms with van der Waals surface area (Å²) in [5.74, 6) is -0.221. The Morgan fingerprint density at radius 2 is 1.50 bits per heavy atom. The van der Waals surface area contributed by atoms with E-state index in [9.17, 15) is 4.39 Å². The van der Waals surface area contributed by atoms with Crippen molar-refractivity contribution in [2.45, 2.75) is 13.2 Å². The Labute approximate surface area is 94.5 Å². The predicted molar refractivity (Wildman–Crippen MR) is 61.3 cm³/mol. The molecule has 0 bridgehead atoms. The average Bonchev–Trinajstić information content (AvgIpc) is 2.30. The molecule has 0 aromatic heterocycles. The highest BCUT2D eigenvalue weighted by Crippen LogP contribution is 2.07. The molecule has 0 spiro atoms. The molecule has 0 radical (unpaired) electrons. The first-order valence-electron chi connectivity index (χ1n) is 5.21. The first kappa shape index (κ1) is 10.8. The summed E-state index contributed by atoms with van der Waals surface area (Å²) in [6, 6.07) is 16.4. The molecule has 0 heterocycles. The normalized spacial score (nSPS) is 10.3. The molecule has 0 atom stereocenters. The van der Waals surface area contributed by atoms with Crippen LogP contribution in [0.3, 0.4) is 0 Å². The van der Waals surface area contributed by atoms with Gasteiger partial charge in [0.15, 0.2) is 0 Å². The summed E-state index contributed by atoms with van der Waals surface area (Å²) in [5, 5.41) is 0. The lowest BCUT2D eigenvalue weighted by atomic mass is 10.2. The van der Waals surface area contributed by atoms with E-state index in [1.165, 1.54) is 12.1 Å². The van der Waals surface area contributed by atoms with Gasteiger partial charge >= 0.3 is 0 Å². The topological polar surface area (TPSA) is 9.23 Å². The Hall–Kier alpha value is -1.67. The van der Waals surface area contributed by atoms with Crippen LogP contribution in [0.15, 0.2) is 54.6 Å². The molecule has 0 saturated heterocycles. The fraction of sp³-hybridized carbons (Fsp3) is 0.143. The van der Waals surface area contributed by atoms with Gasteiger partial charge in [0.1, 0.15) is 5.82 Å². The van der Waals surface area contributed by atoms with Crippen LogP contribution in [-0.2, 0) is 18.0 Å². The predicted octanol–water partition coefficient (Wildman–Crippen LogP) is 3.54. The van der Waals surface area contributed by atoms with Gasteiger partial charge in [0.05, 0.1) is 13.2 Å². The zero-order valence-corrected chi connectivity index (χ0v) is 8.90. The van der Waals surface area contributed by atoms with Crippen LogP contribution in [0, 0.1) is 5.82 Å². The van der Waals surface area contributed by atoms with Crippen LogP contribution in [0.25, 0.3) is 0 Å². The highest BCUT2D eigenvalue weighted by molar-refractivity contribution is 5.16. The van der Waals surface area contributed by atoms with Crippen molar-refractivity contribution in [3.05, 3.63) is 71.5 Å². The summed E-state index contributed by atoms with van der Waals surface area (Å²) >= 11 is 0. The molecule has 0 fully saturated rings. The second-order valence-corrected chi connectivity index (χ2v) is 3.61. The van der Waals surface area contributed by atoms with Gasteiger partial charge < -0.3 is 4.74 Å². The molecule has 0 aliphatic carbocycles. The Bertz CT molecular complexity index is 439. The fourth-order valence-electron chi connectivity index (χ4n) is 1.49. The maximum Gasteiger partial charge on any atom is 0.123 e. The highest BCUT2D eigenvalue weighted by Gasteiger charge is 1.96. The van der Waals surface area contributed by atoms with E-state index in [4.69, 9.17) is 4.74 Å². The quantitative estimate of drug-likeness (QED) is 0.759. The van der Waals surface area contributed by atoms with Crippen molar-refractivity contribution in [3.8, 4) is 0 Å². The lowest BCUT2D eigenvalue weighted by molar-refractivity contribution is 0.107. The standard InChI is InChI=1S/C14H13FO/c15-14-8-4-7-13(9-14)11-16-10-12-5-2-1-3-6-12/h1-9H,10-11H2. The van der Waals surface area contributed by atoms with Crippen LogP contribution in [0.1, 0.15) is 11.1 Å². The summed E-state index contributed by atoms with van der Waals surface area (Å²) in [4.78, 5) is 0. The van der Waals surface area contributed by atoms with Crippen LogP contribution in [-0.4, -0.2) is 0 Å². The van der Waals surface area contributed by atoms with Gasteiger partial charge in [0.2, 0.25) is 0 Å². The van der Waals surface area contributed by atoms with E-state index in [-0.39, 0.29) is 5.82 Å². The van der Waals surface area contributed by atoms with E-state index in [1.54, 1.807) is 6.07 Å². The number of halogens is 1. The van der Waals surface area contributed by atoms with E-state index in [0.29, 0.717) is 13.2 Å². The molecular weight excluding hydrogens is 203 g/mol. The number of ether oxygens (including phenoxy) is 1. The van der Waals surface area contributed by atoms with Gasteiger partial charge in [0.25, 0.3) is 0 Å². The van der Waals surface area contributed by atoms with E-state index in [1.807, 2.05) is 36.4 Å². The molecule has 82 valence electrons. The van der Waals surface area contributed by atoms with Crippen LogP contribution in [0.2, 0.25) is 0 Å². The molecule has 0 aliphatic heterocycles. The molecular formula is C14H13FO. The van der Waals surface area contributed by atoms with Gasteiger partial charge in [-0.15, -0.1) is 0 Å². The maximum absolute atomic E-state index is 12.9. The minimum absolute atomic E-state index is 0.221. The third kappa shape index (κ3) is 3.17. The molecule has 0 saturated carbocycles. The number of hydrogen-bond acceptors (Lipinski definition) is 1. The highest BCUT2D eigenvalue weighted by atomic mass is 19.1. The van der Waals surface area contributed by atoms with Crippen LogP contribution >= 0.6 is 0 Å². The van der Waals surface area contributed by atoms with E-state index >= 15 is 0 Å². The molecule has 1 nitrogen and oxygen atoms in total. The maximum atomic E-state index is 12.9. The minimum atomic E-state index is -0.221. The third-order valence-electron chi connectivity index (χ3n) is 2.27. The molecule has 0 N–H and O–H groups in total. The zero-order chi connectivity index (χ0) is 11.2. The van der Waals surface area contributed by atoms with Crippen molar-refractivity contribution in [1.82, 2.24) is 0 Å². The van der Waals surface area contributed by atoms with Gasteiger partial charge in [-0.05, 0) is 23.3 Å². The monoisotopic (exact) mass is 216 g/mol. The number of benzene rings is 2. The average molecular weight is 216 g/mol. The molecule has 2 aromatic rings. The first-order valence-corrected chi connectivity index (χ1v) is 5.21. The summed E-state index contributed by atoms with van der Waals surface area (Å²) in [5.41, 5.74) is 1.98. The van der Waals surface area contributed by atoms with Crippen LogP contribution < -0.4 is 0 Å². The van der Waals surface area contributed by atoms with E-state index in [2.05, 4.69) is 0 Å². The van der Waals surface area contributed by atoms with Crippen molar-refractivity contribution >= 4 is 0 Å². The Balaban J connectivity index is 1.85. The molecule has 2 rings (SSSR count). The van der Waals surface area contributed by atoms with E-state index in [0.717, 1.165) is 11.1 Å². The Morgan fingerprint density at radius 3 is 2.25 bits per heavy atom. The van der Waals surface area contributed by atoms with Crippen molar-refractivity contribution in [1.29, 1.82) is 0 Å². The summed E-state index contributed by atoms with van der Waals surface area (Å²) in [6.07, 6.45) is 0. The zero-order valence-electron chi connectivity index (χ0n) is 8.90. The number of hydrogen-bond donors (Lipinski definition) is 0. The SMILES string of the molecule is Fc1cccc(COCc2ccccc2)c1. The lowest BCUT2D eigenvalue weighted by Gasteiger charge is -2.04. The summed E-state index contributed by atoms with van der Waals surface area (Å²) in [6.45, 7) is 0.990. The lowest BCUT2D eigenvalue weighted by Crippen LogP contribution is -1.94. The summed E-state index contributed by atoms with van der Waals surface area (Å²) < 4.78 is 18.4. The van der Waals surface area contributed by atoms with Gasteiger partial charge in [-0.1, -0.05) is 42.5 Å². The first-order chi connectivity index (χ1) is 7.84. The largest absolute Gasteiger partial charge is 0.372 e. The van der Waals surface area contributed by atoms with Crippen molar-refractivity contribution in [2.24, 2.45) is 0 Å². The van der Waals surface area contributed by atoms with Crippen LogP contribution in [0.5, 0.6) is 0 Å². The number of rotatable bonds is 4. The Morgan fingerprint density at radius 1 is 0.812 bits per heavy atom. The molecule has 0 amide bonds. The van der Waals surface area contributed by atoms with Crippen molar-refractivity contribution in [3.63, 3.8) is 0 Å². The summed E-state index contributed by atoms with van der Waals surface area (Å²) in [7, 11) is 0. The second-order valence-electron chi connectivity index (χ2n) is 3.61. The van der Waals surface area contributed by atoms with Gasteiger partial charge in [-0.2, -0.15) is 0 Å². The van der Waals surface area contributed by atoms with E-state index < -0.39 is 0 Å². The minimum Gasteiger partial charge on any atom is -0.372 e. The molecule has 0 aliphatic rings. The second kappa shape index (κ2) is 5.42. The van der Waals surface area contributed by atoms with Crippen molar-refractivity contribution in [2.75, 3.05) is 0 Å².